The molecule has 0 bridgehead atoms. The van der Waals surface area contributed by atoms with E-state index in [0.717, 1.165) is 18.5 Å². The van der Waals surface area contributed by atoms with Crippen LogP contribution in [0.5, 0.6) is 0 Å². The summed E-state index contributed by atoms with van der Waals surface area (Å²) in [5, 5.41) is 0. The van der Waals surface area contributed by atoms with E-state index in [4.69, 9.17) is 5.73 Å². The molecule has 1 nitrogen and oxygen atoms in total. The molecule has 76 valence electrons. The number of halogens is 1. The third-order valence-electron chi connectivity index (χ3n) is 3.04. The van der Waals surface area contributed by atoms with E-state index < -0.39 is 6.17 Å². The zero-order chi connectivity index (χ0) is 9.97. The first kappa shape index (κ1) is 9.50. The Morgan fingerprint density at radius 3 is 2.50 bits per heavy atom. The summed E-state index contributed by atoms with van der Waals surface area (Å²) in [6.07, 6.45) is 2.76. The number of nitrogens with two attached hydrogens (primary N) is 1. The van der Waals surface area contributed by atoms with E-state index in [1.807, 2.05) is 18.2 Å². The fraction of sp³-hybridized carbons (Fsp3) is 0.500. The fourth-order valence-corrected chi connectivity index (χ4v) is 2.20. The molecule has 1 aliphatic rings. The van der Waals surface area contributed by atoms with E-state index in [-0.39, 0.29) is 0 Å². The van der Waals surface area contributed by atoms with Crippen molar-refractivity contribution in [1.29, 1.82) is 0 Å². The van der Waals surface area contributed by atoms with Crippen molar-refractivity contribution in [3.63, 3.8) is 0 Å². The topological polar surface area (TPSA) is 26.0 Å². The SMILES string of the molecule is Nc1cccc(C2CCC(F)CC2)c1. The van der Waals surface area contributed by atoms with Crippen LogP contribution < -0.4 is 5.73 Å². The lowest BCUT2D eigenvalue weighted by atomic mass is 9.83. The van der Waals surface area contributed by atoms with Gasteiger partial charge in [0, 0.05) is 5.69 Å². The van der Waals surface area contributed by atoms with Crippen LogP contribution in [0.4, 0.5) is 10.1 Å². The van der Waals surface area contributed by atoms with Crippen molar-refractivity contribution >= 4 is 5.69 Å². The Balaban J connectivity index is 2.08. The van der Waals surface area contributed by atoms with Gasteiger partial charge >= 0.3 is 0 Å². The summed E-state index contributed by atoms with van der Waals surface area (Å²) >= 11 is 0. The average Bonchev–Trinajstić information content (AvgIpc) is 2.19. The van der Waals surface area contributed by atoms with E-state index >= 15 is 0 Å². The summed E-state index contributed by atoms with van der Waals surface area (Å²) in [6.45, 7) is 0. The Morgan fingerprint density at radius 1 is 1.14 bits per heavy atom. The van der Waals surface area contributed by atoms with Crippen molar-refractivity contribution < 1.29 is 4.39 Å². The Hall–Kier alpha value is -1.05. The van der Waals surface area contributed by atoms with Gasteiger partial charge in [-0.05, 0) is 49.3 Å². The van der Waals surface area contributed by atoms with E-state index in [0.29, 0.717) is 18.8 Å². The van der Waals surface area contributed by atoms with Crippen LogP contribution in [-0.4, -0.2) is 6.17 Å². The minimum Gasteiger partial charge on any atom is -0.399 e. The second-order valence-electron chi connectivity index (χ2n) is 4.12. The van der Waals surface area contributed by atoms with Gasteiger partial charge in [0.15, 0.2) is 0 Å². The monoisotopic (exact) mass is 193 g/mol. The zero-order valence-electron chi connectivity index (χ0n) is 8.25. The first-order valence-electron chi connectivity index (χ1n) is 5.25. The molecular formula is C12H16FN. The smallest absolute Gasteiger partial charge is 0.100 e. The molecule has 2 heteroatoms. The second-order valence-corrected chi connectivity index (χ2v) is 4.12. The van der Waals surface area contributed by atoms with Gasteiger partial charge in [-0.15, -0.1) is 0 Å². The molecule has 1 aromatic rings. The second kappa shape index (κ2) is 3.99. The Bertz CT molecular complexity index is 303. The summed E-state index contributed by atoms with van der Waals surface area (Å²) in [5.74, 6) is 0.519. The molecule has 0 spiro atoms. The molecule has 0 atom stereocenters. The zero-order valence-corrected chi connectivity index (χ0v) is 8.25. The van der Waals surface area contributed by atoms with Gasteiger partial charge < -0.3 is 5.73 Å². The Kier molecular flexibility index (Phi) is 2.71. The van der Waals surface area contributed by atoms with E-state index in [1.165, 1.54) is 5.56 Å². The minimum absolute atomic E-state index is 0.519. The lowest BCUT2D eigenvalue weighted by Crippen LogP contribution is -2.13. The highest BCUT2D eigenvalue weighted by molar-refractivity contribution is 5.41. The largest absolute Gasteiger partial charge is 0.399 e. The minimum atomic E-state index is -0.577. The van der Waals surface area contributed by atoms with Gasteiger partial charge in [0.1, 0.15) is 6.17 Å². The van der Waals surface area contributed by atoms with Gasteiger partial charge in [-0.1, -0.05) is 12.1 Å². The third-order valence-corrected chi connectivity index (χ3v) is 3.04. The molecule has 14 heavy (non-hydrogen) atoms. The van der Waals surface area contributed by atoms with Crippen molar-refractivity contribution in [3.05, 3.63) is 29.8 Å². The molecule has 0 aliphatic heterocycles. The van der Waals surface area contributed by atoms with Crippen LogP contribution in [0.3, 0.4) is 0 Å². The van der Waals surface area contributed by atoms with Crippen molar-refractivity contribution in [1.82, 2.24) is 0 Å². The van der Waals surface area contributed by atoms with Crippen molar-refractivity contribution in [2.45, 2.75) is 37.8 Å². The van der Waals surface area contributed by atoms with Gasteiger partial charge in [-0.2, -0.15) is 0 Å². The Morgan fingerprint density at radius 2 is 1.86 bits per heavy atom. The molecule has 0 amide bonds. The number of rotatable bonds is 1. The molecule has 1 aromatic carbocycles. The summed E-state index contributed by atoms with van der Waals surface area (Å²) in [4.78, 5) is 0. The number of alkyl halides is 1. The number of nitrogen functional groups attached to an aromatic ring is 1. The fourth-order valence-electron chi connectivity index (χ4n) is 2.20. The van der Waals surface area contributed by atoms with Crippen LogP contribution in [0, 0.1) is 0 Å². The molecule has 0 unspecified atom stereocenters. The molecule has 2 rings (SSSR count). The normalized spacial score (nSPS) is 27.5. The summed E-state index contributed by atoms with van der Waals surface area (Å²) in [7, 11) is 0. The van der Waals surface area contributed by atoms with Crippen LogP contribution >= 0.6 is 0 Å². The van der Waals surface area contributed by atoms with Crippen LogP contribution in [-0.2, 0) is 0 Å². The first-order chi connectivity index (χ1) is 6.75. The van der Waals surface area contributed by atoms with E-state index in [9.17, 15) is 4.39 Å². The van der Waals surface area contributed by atoms with Gasteiger partial charge in [0.2, 0.25) is 0 Å². The van der Waals surface area contributed by atoms with Crippen LogP contribution in [0.15, 0.2) is 24.3 Å². The molecule has 1 aliphatic carbocycles. The maximum absolute atomic E-state index is 12.9. The van der Waals surface area contributed by atoms with Crippen LogP contribution in [0.2, 0.25) is 0 Å². The van der Waals surface area contributed by atoms with Gasteiger partial charge in [-0.25, -0.2) is 4.39 Å². The van der Waals surface area contributed by atoms with Gasteiger partial charge in [-0.3, -0.25) is 0 Å². The molecule has 0 aromatic heterocycles. The standard InChI is InChI=1S/C12H16FN/c13-11-6-4-9(5-7-11)10-2-1-3-12(14)8-10/h1-3,8-9,11H,4-7,14H2. The molecular weight excluding hydrogens is 177 g/mol. The lowest BCUT2D eigenvalue weighted by molar-refractivity contribution is 0.235. The Labute approximate surface area is 84.1 Å². The van der Waals surface area contributed by atoms with E-state index in [1.54, 1.807) is 0 Å². The summed E-state index contributed by atoms with van der Waals surface area (Å²) < 4.78 is 12.9. The van der Waals surface area contributed by atoms with Gasteiger partial charge in [0.05, 0.1) is 0 Å². The summed E-state index contributed by atoms with van der Waals surface area (Å²) in [5.41, 5.74) is 7.80. The molecule has 0 saturated heterocycles. The molecule has 0 radical (unpaired) electrons. The van der Waals surface area contributed by atoms with Crippen molar-refractivity contribution in [3.8, 4) is 0 Å². The maximum Gasteiger partial charge on any atom is 0.100 e. The summed E-state index contributed by atoms with van der Waals surface area (Å²) in [6, 6.07) is 7.99. The highest BCUT2D eigenvalue weighted by Crippen LogP contribution is 2.34. The average molecular weight is 193 g/mol. The molecule has 1 saturated carbocycles. The van der Waals surface area contributed by atoms with E-state index in [2.05, 4.69) is 6.07 Å². The quantitative estimate of drug-likeness (QED) is 0.681. The molecule has 2 N–H and O–H groups in total. The predicted molar refractivity (Wildman–Crippen MR) is 57.0 cm³/mol. The van der Waals surface area contributed by atoms with Crippen LogP contribution in [0.1, 0.15) is 37.2 Å². The maximum atomic E-state index is 12.9. The number of benzene rings is 1. The lowest BCUT2D eigenvalue weighted by Gasteiger charge is -2.24. The number of hydrogen-bond donors (Lipinski definition) is 1. The first-order valence-corrected chi connectivity index (χ1v) is 5.25. The number of anilines is 1. The molecule has 1 fully saturated rings. The number of hydrogen-bond acceptors (Lipinski definition) is 1. The van der Waals surface area contributed by atoms with Crippen molar-refractivity contribution in [2.75, 3.05) is 5.73 Å². The van der Waals surface area contributed by atoms with Crippen molar-refractivity contribution in [2.24, 2.45) is 0 Å². The predicted octanol–water partition coefficient (Wildman–Crippen LogP) is 3.26. The molecule has 0 heterocycles. The third kappa shape index (κ3) is 2.06. The highest BCUT2D eigenvalue weighted by atomic mass is 19.1. The van der Waals surface area contributed by atoms with Crippen LogP contribution in [0.25, 0.3) is 0 Å². The highest BCUT2D eigenvalue weighted by Gasteiger charge is 2.21. The van der Waals surface area contributed by atoms with Gasteiger partial charge in [0.25, 0.3) is 0 Å².